The van der Waals surface area contributed by atoms with E-state index < -0.39 is 0 Å². The van der Waals surface area contributed by atoms with Crippen LogP contribution in [0.1, 0.15) is 44.1 Å². The van der Waals surface area contributed by atoms with Gasteiger partial charge in [-0.05, 0) is 49.5 Å². The van der Waals surface area contributed by atoms with E-state index in [1.165, 1.54) is 44.3 Å². The lowest BCUT2D eigenvalue weighted by atomic mass is 9.81. The van der Waals surface area contributed by atoms with Gasteiger partial charge in [0.05, 0.1) is 6.61 Å². The van der Waals surface area contributed by atoms with Gasteiger partial charge >= 0.3 is 0 Å². The number of hydrogen-bond acceptors (Lipinski definition) is 4. The van der Waals surface area contributed by atoms with Crippen molar-refractivity contribution >= 4 is 12.4 Å². The van der Waals surface area contributed by atoms with Crippen LogP contribution in [0.2, 0.25) is 0 Å². The van der Waals surface area contributed by atoms with Crippen molar-refractivity contribution in [3.63, 3.8) is 0 Å². The SMILES string of the molecule is CCCCCN1CC[C@H](c2ccccc2)[C@@H](COc2ccc3c(c2)OCO3)C1.Cl. The molecule has 0 bridgehead atoms. The topological polar surface area (TPSA) is 30.9 Å². The molecule has 1 fully saturated rings. The number of unbranched alkanes of at least 4 members (excludes halogenated alkanes) is 2. The second-order valence-electron chi connectivity index (χ2n) is 7.90. The Morgan fingerprint density at radius 2 is 1.86 bits per heavy atom. The Hall–Kier alpha value is -1.91. The number of benzene rings is 2. The molecule has 0 aliphatic carbocycles. The Labute approximate surface area is 180 Å². The Bertz CT molecular complexity index is 755. The monoisotopic (exact) mass is 417 g/mol. The molecule has 2 aromatic rings. The van der Waals surface area contributed by atoms with E-state index in [4.69, 9.17) is 14.2 Å². The number of likely N-dealkylation sites (tertiary alicyclic amines) is 1. The Morgan fingerprint density at radius 1 is 1.03 bits per heavy atom. The molecule has 2 heterocycles. The van der Waals surface area contributed by atoms with E-state index >= 15 is 0 Å². The predicted octanol–water partition coefficient (Wildman–Crippen LogP) is 5.51. The molecule has 0 saturated carbocycles. The van der Waals surface area contributed by atoms with Crippen molar-refractivity contribution in [1.82, 2.24) is 4.90 Å². The summed E-state index contributed by atoms with van der Waals surface area (Å²) in [5, 5.41) is 0. The van der Waals surface area contributed by atoms with E-state index in [1.54, 1.807) is 0 Å². The first kappa shape index (κ1) is 21.8. The third kappa shape index (κ3) is 5.58. The fraction of sp³-hybridized carbons (Fsp3) is 0.500. The van der Waals surface area contributed by atoms with Crippen LogP contribution in [0.25, 0.3) is 0 Å². The van der Waals surface area contributed by atoms with Gasteiger partial charge in [0.25, 0.3) is 0 Å². The molecule has 29 heavy (non-hydrogen) atoms. The molecule has 2 atom stereocenters. The largest absolute Gasteiger partial charge is 0.493 e. The summed E-state index contributed by atoms with van der Waals surface area (Å²) in [6, 6.07) is 16.8. The van der Waals surface area contributed by atoms with E-state index in [9.17, 15) is 0 Å². The molecule has 4 nitrogen and oxygen atoms in total. The first-order valence-electron chi connectivity index (χ1n) is 10.6. The fourth-order valence-corrected chi connectivity index (χ4v) is 4.37. The van der Waals surface area contributed by atoms with E-state index in [-0.39, 0.29) is 12.4 Å². The van der Waals surface area contributed by atoms with Crippen LogP contribution in [0.4, 0.5) is 0 Å². The standard InChI is InChI=1S/C24H31NO3.ClH/c1-2-3-7-13-25-14-12-22(19-8-5-4-6-9-19)20(16-25)17-26-21-10-11-23-24(15-21)28-18-27-23;/h4-6,8-11,15,20,22H,2-3,7,12-14,16-18H2,1H3;1H/t20-,22-;/m1./s1. The maximum atomic E-state index is 6.23. The lowest BCUT2D eigenvalue weighted by molar-refractivity contribution is 0.109. The summed E-state index contributed by atoms with van der Waals surface area (Å²) < 4.78 is 17.1. The zero-order valence-corrected chi connectivity index (χ0v) is 18.0. The zero-order chi connectivity index (χ0) is 19.2. The van der Waals surface area contributed by atoms with Crippen molar-refractivity contribution < 1.29 is 14.2 Å². The van der Waals surface area contributed by atoms with Gasteiger partial charge in [-0.25, -0.2) is 0 Å². The van der Waals surface area contributed by atoms with Crippen molar-refractivity contribution in [2.75, 3.05) is 33.0 Å². The van der Waals surface area contributed by atoms with E-state index in [2.05, 4.69) is 42.2 Å². The summed E-state index contributed by atoms with van der Waals surface area (Å²) in [6.07, 6.45) is 5.08. The fourth-order valence-electron chi connectivity index (χ4n) is 4.37. The molecule has 2 aliphatic rings. The molecule has 0 aromatic heterocycles. The quantitative estimate of drug-likeness (QED) is 0.530. The summed E-state index contributed by atoms with van der Waals surface area (Å²) in [7, 11) is 0. The van der Waals surface area contributed by atoms with Gasteiger partial charge in [0, 0.05) is 18.5 Å². The molecule has 5 heteroatoms. The second kappa shape index (κ2) is 10.7. The van der Waals surface area contributed by atoms with Crippen LogP contribution in [-0.4, -0.2) is 37.9 Å². The van der Waals surface area contributed by atoms with E-state index in [0.717, 1.165) is 30.4 Å². The number of piperidine rings is 1. The van der Waals surface area contributed by atoms with Gasteiger partial charge < -0.3 is 19.1 Å². The Morgan fingerprint density at radius 3 is 2.69 bits per heavy atom. The van der Waals surface area contributed by atoms with Crippen LogP contribution < -0.4 is 14.2 Å². The van der Waals surface area contributed by atoms with Crippen LogP contribution >= 0.6 is 12.4 Å². The van der Waals surface area contributed by atoms with Crippen LogP contribution in [0.15, 0.2) is 48.5 Å². The van der Waals surface area contributed by atoms with Gasteiger partial charge in [0.1, 0.15) is 5.75 Å². The van der Waals surface area contributed by atoms with Crippen molar-refractivity contribution in [3.8, 4) is 17.2 Å². The van der Waals surface area contributed by atoms with E-state index in [0.29, 0.717) is 18.6 Å². The zero-order valence-electron chi connectivity index (χ0n) is 17.2. The molecule has 2 aliphatic heterocycles. The van der Waals surface area contributed by atoms with Crippen LogP contribution in [-0.2, 0) is 0 Å². The van der Waals surface area contributed by atoms with Gasteiger partial charge in [-0.15, -0.1) is 12.4 Å². The van der Waals surface area contributed by atoms with Gasteiger partial charge in [0.2, 0.25) is 6.79 Å². The number of halogens is 1. The highest BCUT2D eigenvalue weighted by Crippen LogP contribution is 2.37. The van der Waals surface area contributed by atoms with Crippen molar-refractivity contribution in [2.24, 2.45) is 5.92 Å². The molecular weight excluding hydrogens is 386 g/mol. The number of fused-ring (bicyclic) bond motifs is 1. The molecule has 158 valence electrons. The van der Waals surface area contributed by atoms with Gasteiger partial charge in [0.15, 0.2) is 11.5 Å². The molecule has 0 unspecified atom stereocenters. The van der Waals surface area contributed by atoms with Crippen LogP contribution in [0.3, 0.4) is 0 Å². The maximum Gasteiger partial charge on any atom is 0.231 e. The average Bonchev–Trinajstić information content (AvgIpc) is 3.21. The summed E-state index contributed by atoms with van der Waals surface area (Å²) in [4.78, 5) is 2.63. The van der Waals surface area contributed by atoms with Crippen LogP contribution in [0.5, 0.6) is 17.2 Å². The molecule has 0 radical (unpaired) electrons. The minimum atomic E-state index is 0. The highest BCUT2D eigenvalue weighted by Gasteiger charge is 2.30. The molecule has 2 aromatic carbocycles. The maximum absolute atomic E-state index is 6.23. The molecule has 4 rings (SSSR count). The molecule has 0 amide bonds. The first-order chi connectivity index (χ1) is 13.8. The van der Waals surface area contributed by atoms with Gasteiger partial charge in [-0.1, -0.05) is 50.1 Å². The Kier molecular flexibility index (Phi) is 8.08. The number of nitrogens with zero attached hydrogens (tertiary/aromatic N) is 1. The van der Waals surface area contributed by atoms with Gasteiger partial charge in [-0.2, -0.15) is 0 Å². The lowest BCUT2D eigenvalue weighted by Gasteiger charge is -2.39. The average molecular weight is 418 g/mol. The summed E-state index contributed by atoms with van der Waals surface area (Å²) in [5.74, 6) is 3.48. The highest BCUT2D eigenvalue weighted by atomic mass is 35.5. The van der Waals surface area contributed by atoms with Gasteiger partial charge in [-0.3, -0.25) is 0 Å². The first-order valence-corrected chi connectivity index (χ1v) is 10.6. The smallest absolute Gasteiger partial charge is 0.231 e. The van der Waals surface area contributed by atoms with Crippen LogP contribution in [0, 0.1) is 5.92 Å². The normalized spacial score (nSPS) is 20.9. The molecule has 0 spiro atoms. The van der Waals surface area contributed by atoms with E-state index in [1.807, 2.05) is 18.2 Å². The predicted molar refractivity (Wildman–Crippen MR) is 119 cm³/mol. The van der Waals surface area contributed by atoms with Crippen molar-refractivity contribution in [3.05, 3.63) is 54.1 Å². The second-order valence-corrected chi connectivity index (χ2v) is 7.90. The van der Waals surface area contributed by atoms with Crippen molar-refractivity contribution in [1.29, 1.82) is 0 Å². The lowest BCUT2D eigenvalue weighted by Crippen LogP contribution is -2.42. The summed E-state index contributed by atoms with van der Waals surface area (Å²) in [5.41, 5.74) is 1.44. The number of ether oxygens (including phenoxy) is 3. The third-order valence-corrected chi connectivity index (χ3v) is 5.93. The highest BCUT2D eigenvalue weighted by molar-refractivity contribution is 5.85. The molecule has 1 saturated heterocycles. The minimum absolute atomic E-state index is 0. The molecule has 0 N–H and O–H groups in total. The summed E-state index contributed by atoms with van der Waals surface area (Å²) in [6.45, 7) is 6.78. The van der Waals surface area contributed by atoms with Crippen molar-refractivity contribution in [2.45, 2.75) is 38.5 Å². The summed E-state index contributed by atoms with van der Waals surface area (Å²) >= 11 is 0. The number of rotatable bonds is 8. The third-order valence-electron chi connectivity index (χ3n) is 5.93. The number of hydrogen-bond donors (Lipinski definition) is 0. The Balaban J connectivity index is 0.00000240. The molecular formula is C24H32ClNO3. The minimum Gasteiger partial charge on any atom is -0.493 e.